The number of benzene rings is 1. The van der Waals surface area contributed by atoms with Crippen molar-refractivity contribution in [3.8, 4) is 5.75 Å². The molecule has 0 atom stereocenters. The number of para-hydroxylation sites is 1. The van der Waals surface area contributed by atoms with Gasteiger partial charge in [-0.15, -0.1) is 0 Å². The second-order valence-electron chi connectivity index (χ2n) is 2.86. The van der Waals surface area contributed by atoms with Crippen LogP contribution in [0.2, 0.25) is 0 Å². The summed E-state index contributed by atoms with van der Waals surface area (Å²) in [5.41, 5.74) is 0. The number of hydrogen-bond acceptors (Lipinski definition) is 4. The molecule has 0 bridgehead atoms. The molecule has 16 heavy (non-hydrogen) atoms. The summed E-state index contributed by atoms with van der Waals surface area (Å²) in [7, 11) is -3.74. The molecule has 2 rings (SSSR count). The Kier molecular flexibility index (Phi) is 2.81. The predicted octanol–water partition coefficient (Wildman–Crippen LogP) is 2.18. The molecule has 0 saturated carbocycles. The third kappa shape index (κ3) is 1.88. The molecule has 7 heteroatoms. The average molecular weight is 306 g/mol. The van der Waals surface area contributed by atoms with E-state index in [4.69, 9.17) is 4.74 Å². The minimum atomic E-state index is -3.74. The fraction of sp³-hybridized carbons (Fsp3) is 0. The first-order valence-corrected chi connectivity index (χ1v) is 6.40. The number of nitrogens with zero attached hydrogens (tertiary/aromatic N) is 1. The molecule has 1 aromatic carbocycles. The molecule has 1 heterocycles. The number of aliphatic imine (C=N–C) groups is 1. The van der Waals surface area contributed by atoms with Gasteiger partial charge in [0.05, 0.1) is 6.20 Å². The Morgan fingerprint density at radius 3 is 2.56 bits per heavy atom. The van der Waals surface area contributed by atoms with Crippen molar-refractivity contribution in [2.24, 2.45) is 4.99 Å². The smallest absolute Gasteiger partial charge is 0.321 e. The number of halogens is 2. The maximum Gasteiger partial charge on any atom is 0.321 e. The van der Waals surface area contributed by atoms with Gasteiger partial charge in [-0.25, -0.2) is 17.8 Å². The van der Waals surface area contributed by atoms with Gasteiger partial charge in [0.2, 0.25) is 0 Å². The quantitative estimate of drug-likeness (QED) is 0.799. The monoisotopic (exact) mass is 305 g/mol. The number of hydrogen-bond donors (Lipinski definition) is 0. The lowest BCUT2D eigenvalue weighted by molar-refractivity contribution is 0.495. The standard InChI is InChI=1S/C9H5BrFNO3S/c10-8-5-12-9(16(8,13)14)15-7-4-2-1-3-6(7)11/h1-5H. The lowest BCUT2D eigenvalue weighted by Crippen LogP contribution is -2.18. The molecule has 0 radical (unpaired) electrons. The summed E-state index contributed by atoms with van der Waals surface area (Å²) < 4.78 is 41.0. The van der Waals surface area contributed by atoms with Gasteiger partial charge >= 0.3 is 5.23 Å². The van der Waals surface area contributed by atoms with Gasteiger partial charge in [-0.1, -0.05) is 12.1 Å². The SMILES string of the molecule is O=S1(=O)C(Br)=CN=C1Oc1ccccc1F. The molecule has 1 aliphatic rings. The summed E-state index contributed by atoms with van der Waals surface area (Å²) in [6, 6.07) is 5.49. The first-order chi connectivity index (χ1) is 7.51. The highest BCUT2D eigenvalue weighted by Gasteiger charge is 2.30. The summed E-state index contributed by atoms with van der Waals surface area (Å²) >= 11 is 2.82. The first-order valence-electron chi connectivity index (χ1n) is 4.13. The van der Waals surface area contributed by atoms with E-state index >= 15 is 0 Å². The van der Waals surface area contributed by atoms with Gasteiger partial charge in [-0.05, 0) is 28.1 Å². The van der Waals surface area contributed by atoms with Crippen molar-refractivity contribution >= 4 is 31.0 Å². The van der Waals surface area contributed by atoms with Crippen molar-refractivity contribution in [2.45, 2.75) is 0 Å². The van der Waals surface area contributed by atoms with Crippen molar-refractivity contribution in [1.82, 2.24) is 0 Å². The molecule has 0 unspecified atom stereocenters. The van der Waals surface area contributed by atoms with E-state index < -0.39 is 20.9 Å². The average Bonchev–Trinajstić information content (AvgIpc) is 2.48. The summed E-state index contributed by atoms with van der Waals surface area (Å²) in [5, 5.41) is -0.538. The zero-order valence-electron chi connectivity index (χ0n) is 7.72. The lowest BCUT2D eigenvalue weighted by atomic mass is 10.3. The van der Waals surface area contributed by atoms with E-state index in [1.807, 2.05) is 0 Å². The van der Waals surface area contributed by atoms with E-state index in [1.165, 1.54) is 24.3 Å². The summed E-state index contributed by atoms with van der Waals surface area (Å²) in [5.74, 6) is -0.830. The van der Waals surface area contributed by atoms with Crippen LogP contribution < -0.4 is 4.74 Å². The topological polar surface area (TPSA) is 55.7 Å². The molecule has 0 aromatic heterocycles. The number of sulfone groups is 1. The Bertz CT molecular complexity index is 595. The van der Waals surface area contributed by atoms with Gasteiger partial charge in [-0.2, -0.15) is 0 Å². The van der Waals surface area contributed by atoms with Gasteiger partial charge in [0, 0.05) is 0 Å². The Morgan fingerprint density at radius 1 is 1.31 bits per heavy atom. The van der Waals surface area contributed by atoms with Crippen LogP contribution in [0.4, 0.5) is 4.39 Å². The third-order valence-electron chi connectivity index (χ3n) is 1.79. The second kappa shape index (κ2) is 3.99. The zero-order valence-corrected chi connectivity index (χ0v) is 10.1. The van der Waals surface area contributed by atoms with Crippen LogP contribution in [-0.2, 0) is 9.84 Å². The second-order valence-corrected chi connectivity index (χ2v) is 6.04. The Labute approximate surface area is 99.5 Å². The van der Waals surface area contributed by atoms with Crippen molar-refractivity contribution in [1.29, 1.82) is 0 Å². The Balaban J connectivity index is 2.30. The Morgan fingerprint density at radius 2 is 2.00 bits per heavy atom. The predicted molar refractivity (Wildman–Crippen MR) is 60.4 cm³/mol. The van der Waals surface area contributed by atoms with Crippen molar-refractivity contribution in [3.63, 3.8) is 0 Å². The molecule has 0 fully saturated rings. The van der Waals surface area contributed by atoms with Crippen LogP contribution in [0.15, 0.2) is 39.3 Å². The highest BCUT2D eigenvalue weighted by Crippen LogP contribution is 2.25. The first kappa shape index (κ1) is 11.3. The van der Waals surface area contributed by atoms with Gasteiger partial charge in [0.15, 0.2) is 11.6 Å². The van der Waals surface area contributed by atoms with Crippen molar-refractivity contribution in [3.05, 3.63) is 40.1 Å². The van der Waals surface area contributed by atoms with Crippen LogP contribution >= 0.6 is 15.9 Å². The van der Waals surface area contributed by atoms with Gasteiger partial charge in [0.25, 0.3) is 9.84 Å². The van der Waals surface area contributed by atoms with Crippen LogP contribution in [0.25, 0.3) is 0 Å². The molecule has 0 N–H and O–H groups in total. The summed E-state index contributed by atoms with van der Waals surface area (Å²) in [4.78, 5) is 3.54. The molecule has 1 aliphatic heterocycles. The molecule has 4 nitrogen and oxygen atoms in total. The number of ether oxygens (including phenoxy) is 1. The van der Waals surface area contributed by atoms with Crippen LogP contribution in [-0.4, -0.2) is 13.6 Å². The molecule has 84 valence electrons. The molecule has 0 spiro atoms. The molecule has 0 amide bonds. The van der Waals surface area contributed by atoms with Gasteiger partial charge in [0.1, 0.15) is 3.81 Å². The van der Waals surface area contributed by atoms with E-state index in [2.05, 4.69) is 20.9 Å². The fourth-order valence-electron chi connectivity index (χ4n) is 1.03. The Hall–Kier alpha value is -1.21. The summed E-state index contributed by atoms with van der Waals surface area (Å²) in [6.45, 7) is 0. The maximum atomic E-state index is 13.2. The van der Waals surface area contributed by atoms with E-state index in [1.54, 1.807) is 0 Å². The van der Waals surface area contributed by atoms with E-state index in [9.17, 15) is 12.8 Å². The van der Waals surface area contributed by atoms with E-state index in [0.29, 0.717) is 0 Å². The van der Waals surface area contributed by atoms with Crippen LogP contribution in [0, 0.1) is 5.82 Å². The molecule has 0 saturated heterocycles. The zero-order chi connectivity index (χ0) is 11.8. The summed E-state index contributed by atoms with van der Waals surface area (Å²) in [6.07, 6.45) is 1.09. The van der Waals surface area contributed by atoms with Crippen molar-refractivity contribution in [2.75, 3.05) is 0 Å². The van der Waals surface area contributed by atoms with Crippen LogP contribution in [0.5, 0.6) is 5.75 Å². The van der Waals surface area contributed by atoms with Gasteiger partial charge < -0.3 is 4.74 Å². The maximum absolute atomic E-state index is 13.2. The highest BCUT2D eigenvalue weighted by atomic mass is 79.9. The largest absolute Gasteiger partial charge is 0.427 e. The minimum Gasteiger partial charge on any atom is -0.427 e. The fourth-order valence-corrected chi connectivity index (χ4v) is 2.30. The van der Waals surface area contributed by atoms with Crippen molar-refractivity contribution < 1.29 is 17.5 Å². The molecule has 0 aliphatic carbocycles. The highest BCUT2D eigenvalue weighted by molar-refractivity contribution is 9.14. The molecular formula is C9H5BrFNO3S. The third-order valence-corrected chi connectivity index (χ3v) is 4.54. The lowest BCUT2D eigenvalue weighted by Gasteiger charge is -2.05. The molecular weight excluding hydrogens is 301 g/mol. The van der Waals surface area contributed by atoms with Gasteiger partial charge in [-0.3, -0.25) is 0 Å². The van der Waals surface area contributed by atoms with E-state index in [0.717, 1.165) is 6.20 Å². The number of rotatable bonds is 1. The van der Waals surface area contributed by atoms with Crippen LogP contribution in [0.1, 0.15) is 0 Å². The van der Waals surface area contributed by atoms with E-state index in [-0.39, 0.29) is 9.56 Å². The molecule has 1 aromatic rings. The van der Waals surface area contributed by atoms with Crippen LogP contribution in [0.3, 0.4) is 0 Å². The minimum absolute atomic E-state index is 0.105. The normalized spacial score (nSPS) is 17.9.